The molecule has 3 N–H and O–H groups in total. The molecule has 0 aromatic rings. The van der Waals surface area contributed by atoms with Crippen LogP contribution in [0.5, 0.6) is 0 Å². The van der Waals surface area contributed by atoms with E-state index < -0.39 is 24.2 Å². The van der Waals surface area contributed by atoms with Crippen LogP contribution in [0.15, 0.2) is 0 Å². The van der Waals surface area contributed by atoms with Gasteiger partial charge in [0.1, 0.15) is 6.04 Å². The van der Waals surface area contributed by atoms with Crippen LogP contribution in [-0.2, 0) is 14.3 Å². The third kappa shape index (κ3) is 5.07. The second kappa shape index (κ2) is 7.56. The van der Waals surface area contributed by atoms with Crippen LogP contribution in [0.2, 0.25) is 0 Å². The van der Waals surface area contributed by atoms with E-state index in [1.165, 1.54) is 7.11 Å². The Hall–Kier alpha value is -1.18. The van der Waals surface area contributed by atoms with Crippen molar-refractivity contribution in [1.29, 1.82) is 0 Å². The number of nitrogens with zero attached hydrogens (tertiary/aromatic N) is 1. The minimum Gasteiger partial charge on any atom is -0.467 e. The number of hydrogen-bond donors (Lipinski definition) is 3. The number of nitrogens with one attached hydrogen (secondary N) is 1. The van der Waals surface area contributed by atoms with E-state index in [2.05, 4.69) is 10.1 Å². The molecule has 1 rings (SSSR count). The topological polar surface area (TPSA) is 99.1 Å². The Morgan fingerprint density at radius 1 is 1.30 bits per heavy atom. The van der Waals surface area contributed by atoms with E-state index in [0.717, 1.165) is 0 Å². The van der Waals surface area contributed by atoms with Gasteiger partial charge in [0.25, 0.3) is 0 Å². The van der Waals surface area contributed by atoms with E-state index in [1.807, 2.05) is 13.8 Å². The number of aliphatic hydroxyl groups excluding tert-OH is 2. The first-order chi connectivity index (χ1) is 9.33. The van der Waals surface area contributed by atoms with Crippen LogP contribution < -0.4 is 5.32 Å². The van der Waals surface area contributed by atoms with Gasteiger partial charge in [-0.2, -0.15) is 0 Å². The molecule has 3 atom stereocenters. The van der Waals surface area contributed by atoms with Crippen molar-refractivity contribution in [2.75, 3.05) is 26.7 Å². The third-order valence-corrected chi connectivity index (χ3v) is 3.23. The molecule has 1 fully saturated rings. The molecule has 7 nitrogen and oxygen atoms in total. The van der Waals surface area contributed by atoms with Crippen molar-refractivity contribution in [1.82, 2.24) is 10.2 Å². The Labute approximate surface area is 118 Å². The quantitative estimate of drug-likeness (QED) is 0.527. The van der Waals surface area contributed by atoms with Gasteiger partial charge in [-0.25, -0.2) is 4.79 Å². The number of ether oxygens (including phenoxy) is 1. The second-order valence-electron chi connectivity index (χ2n) is 5.60. The predicted molar refractivity (Wildman–Crippen MR) is 71.9 cm³/mol. The summed E-state index contributed by atoms with van der Waals surface area (Å²) in [6, 6.07) is -0.662. The Morgan fingerprint density at radius 3 is 2.30 bits per heavy atom. The Bertz CT molecular complexity index is 338. The molecule has 0 aromatic heterocycles. The predicted octanol–water partition coefficient (Wildman–Crippen LogP) is -1.27. The van der Waals surface area contributed by atoms with Gasteiger partial charge >= 0.3 is 5.97 Å². The molecular formula is C13H24N2O5. The molecule has 0 radical (unpaired) electrons. The summed E-state index contributed by atoms with van der Waals surface area (Å²) in [5, 5.41) is 21.5. The maximum atomic E-state index is 11.9. The van der Waals surface area contributed by atoms with Crippen LogP contribution in [0.4, 0.5) is 0 Å². The fourth-order valence-electron chi connectivity index (χ4n) is 2.25. The SMILES string of the molecule is COC(=O)C(CC(C)C)NC(=O)CN1C[C@@H](O)[C@@H](O)C1. The highest BCUT2D eigenvalue weighted by atomic mass is 16.5. The van der Waals surface area contributed by atoms with E-state index in [-0.39, 0.29) is 31.5 Å². The van der Waals surface area contributed by atoms with Gasteiger partial charge < -0.3 is 20.3 Å². The van der Waals surface area contributed by atoms with E-state index in [0.29, 0.717) is 6.42 Å². The lowest BCUT2D eigenvalue weighted by Crippen LogP contribution is -2.46. The number of likely N-dealkylation sites (tertiary alicyclic amines) is 1. The van der Waals surface area contributed by atoms with Gasteiger partial charge in [-0.15, -0.1) is 0 Å². The van der Waals surface area contributed by atoms with Crippen LogP contribution in [0.3, 0.4) is 0 Å². The molecule has 1 aliphatic heterocycles. The van der Waals surface area contributed by atoms with Crippen LogP contribution in [0, 0.1) is 5.92 Å². The van der Waals surface area contributed by atoms with E-state index >= 15 is 0 Å². The Morgan fingerprint density at radius 2 is 1.85 bits per heavy atom. The number of methoxy groups -OCH3 is 1. The summed E-state index contributed by atoms with van der Waals surface area (Å²) in [5.74, 6) is -0.536. The summed E-state index contributed by atoms with van der Waals surface area (Å²) in [6.45, 7) is 4.45. The number of carbonyl (C=O) groups is 2. The lowest BCUT2D eigenvalue weighted by Gasteiger charge is -2.20. The summed E-state index contributed by atoms with van der Waals surface area (Å²) in [7, 11) is 1.29. The molecular weight excluding hydrogens is 264 g/mol. The highest BCUT2D eigenvalue weighted by Gasteiger charge is 2.31. The maximum absolute atomic E-state index is 11.9. The van der Waals surface area contributed by atoms with E-state index in [9.17, 15) is 19.8 Å². The number of amides is 1. The fraction of sp³-hybridized carbons (Fsp3) is 0.846. The Kier molecular flexibility index (Phi) is 6.38. The molecule has 1 aliphatic rings. The largest absolute Gasteiger partial charge is 0.467 e. The molecule has 0 saturated carbocycles. The highest BCUT2D eigenvalue weighted by Crippen LogP contribution is 2.10. The minimum absolute atomic E-state index is 0.0414. The lowest BCUT2D eigenvalue weighted by atomic mass is 10.0. The first kappa shape index (κ1) is 16.9. The van der Waals surface area contributed by atoms with Gasteiger partial charge in [-0.3, -0.25) is 9.69 Å². The zero-order valence-corrected chi connectivity index (χ0v) is 12.2. The van der Waals surface area contributed by atoms with Crippen molar-refractivity contribution in [2.24, 2.45) is 5.92 Å². The average Bonchev–Trinajstić information content (AvgIpc) is 2.65. The first-order valence-corrected chi connectivity index (χ1v) is 6.79. The van der Waals surface area contributed by atoms with Crippen molar-refractivity contribution >= 4 is 11.9 Å². The Balaban J connectivity index is 2.47. The molecule has 116 valence electrons. The van der Waals surface area contributed by atoms with Crippen LogP contribution in [0.25, 0.3) is 0 Å². The number of hydrogen-bond acceptors (Lipinski definition) is 6. The summed E-state index contributed by atoms with van der Waals surface area (Å²) in [6.07, 6.45) is -1.14. The minimum atomic E-state index is -0.824. The normalized spacial score (nSPS) is 24.7. The molecule has 0 aliphatic carbocycles. The van der Waals surface area contributed by atoms with Gasteiger partial charge in [-0.1, -0.05) is 13.8 Å². The molecule has 0 bridgehead atoms. The number of β-amino-alcohol motifs (C(OH)–C–C–N with tert-alkyl or cyclic N) is 2. The van der Waals surface area contributed by atoms with Crippen molar-refractivity contribution in [2.45, 2.75) is 38.5 Å². The lowest BCUT2D eigenvalue weighted by molar-refractivity contribution is -0.145. The van der Waals surface area contributed by atoms with Crippen molar-refractivity contribution in [3.63, 3.8) is 0 Å². The molecule has 1 unspecified atom stereocenters. The zero-order chi connectivity index (χ0) is 15.3. The highest BCUT2D eigenvalue weighted by molar-refractivity contribution is 5.85. The number of rotatable bonds is 6. The number of carbonyl (C=O) groups excluding carboxylic acids is 2. The monoisotopic (exact) mass is 288 g/mol. The summed E-state index contributed by atoms with van der Waals surface area (Å²) in [5.41, 5.74) is 0. The van der Waals surface area contributed by atoms with E-state index in [1.54, 1.807) is 4.90 Å². The van der Waals surface area contributed by atoms with E-state index in [4.69, 9.17) is 0 Å². The average molecular weight is 288 g/mol. The maximum Gasteiger partial charge on any atom is 0.328 e. The van der Waals surface area contributed by atoms with Gasteiger partial charge in [0, 0.05) is 13.1 Å². The molecule has 1 amide bonds. The zero-order valence-electron chi connectivity index (χ0n) is 12.2. The van der Waals surface area contributed by atoms with Crippen LogP contribution >= 0.6 is 0 Å². The third-order valence-electron chi connectivity index (χ3n) is 3.23. The molecule has 1 heterocycles. The van der Waals surface area contributed by atoms with Gasteiger partial charge in [0.15, 0.2) is 0 Å². The number of esters is 1. The second-order valence-corrected chi connectivity index (χ2v) is 5.60. The van der Waals surface area contributed by atoms with Crippen LogP contribution in [0.1, 0.15) is 20.3 Å². The standard InChI is InChI=1S/C13H24N2O5/c1-8(2)4-9(13(19)20-3)14-12(18)7-15-5-10(16)11(17)6-15/h8-11,16-17H,4-7H2,1-3H3,(H,14,18)/t9?,10-,11+. The summed E-state index contributed by atoms with van der Waals surface area (Å²) in [4.78, 5) is 25.1. The fourth-order valence-corrected chi connectivity index (χ4v) is 2.25. The van der Waals surface area contributed by atoms with Gasteiger partial charge in [0.05, 0.1) is 25.9 Å². The van der Waals surface area contributed by atoms with Crippen molar-refractivity contribution in [3.8, 4) is 0 Å². The van der Waals surface area contributed by atoms with Crippen LogP contribution in [-0.4, -0.2) is 72.0 Å². The summed E-state index contributed by atoms with van der Waals surface area (Å²) >= 11 is 0. The van der Waals surface area contributed by atoms with Crippen molar-refractivity contribution in [3.05, 3.63) is 0 Å². The number of aliphatic hydroxyl groups is 2. The molecule has 0 aromatic carbocycles. The molecule has 7 heteroatoms. The van der Waals surface area contributed by atoms with Gasteiger partial charge in [0.2, 0.25) is 5.91 Å². The molecule has 1 saturated heterocycles. The first-order valence-electron chi connectivity index (χ1n) is 6.79. The van der Waals surface area contributed by atoms with Gasteiger partial charge in [-0.05, 0) is 12.3 Å². The smallest absolute Gasteiger partial charge is 0.328 e. The summed E-state index contributed by atoms with van der Waals surface area (Å²) < 4.78 is 4.67. The molecule has 0 spiro atoms. The molecule has 20 heavy (non-hydrogen) atoms. The van der Waals surface area contributed by atoms with Crippen molar-refractivity contribution < 1.29 is 24.5 Å².